The molecule has 0 spiro atoms. The van der Waals surface area contributed by atoms with E-state index < -0.39 is 6.67 Å². The van der Waals surface area contributed by atoms with Crippen LogP contribution in [0.15, 0.2) is 18.3 Å². The minimum absolute atomic E-state index is 0. The number of halogens is 1. The van der Waals surface area contributed by atoms with Crippen molar-refractivity contribution < 1.29 is 55.8 Å². The Morgan fingerprint density at radius 3 is 2.78 bits per heavy atom. The van der Waals surface area contributed by atoms with Gasteiger partial charge >= 0.3 is 51.4 Å². The molecule has 0 bridgehead atoms. The van der Waals surface area contributed by atoms with Crippen molar-refractivity contribution in [3.05, 3.63) is 30.1 Å². The number of hydrogen-bond acceptors (Lipinski definition) is 1. The van der Waals surface area contributed by atoms with Crippen LogP contribution in [0.25, 0.3) is 0 Å². The van der Waals surface area contributed by atoms with Crippen molar-refractivity contribution in [3.8, 4) is 0 Å². The first-order chi connectivity index (χ1) is 3.93. The van der Waals surface area contributed by atoms with Gasteiger partial charge in [0, 0.05) is 0 Å². The molecule has 0 aliphatic rings. The van der Waals surface area contributed by atoms with Crippen molar-refractivity contribution in [1.29, 1.82) is 0 Å². The van der Waals surface area contributed by atoms with Gasteiger partial charge in [-0.15, -0.1) is 11.6 Å². The van der Waals surface area contributed by atoms with E-state index in [1.165, 1.54) is 12.3 Å². The first kappa shape index (κ1) is 9.72. The number of alkyl halides is 1. The first-order valence-corrected chi connectivity index (χ1v) is 2.30. The molecule has 0 aromatic carbocycles. The molecule has 1 heterocycles. The molecule has 1 aromatic rings. The third-order valence-electron chi connectivity index (χ3n) is 0.842. The summed E-state index contributed by atoms with van der Waals surface area (Å²) < 4.78 is 11.7. The Balaban J connectivity index is 0.000000640. The Kier molecular flexibility index (Phi) is 5.93. The van der Waals surface area contributed by atoms with Gasteiger partial charge in [0.25, 0.3) is 0 Å². The summed E-state index contributed by atoms with van der Waals surface area (Å²) in [5.41, 5.74) is 0.625. The zero-order valence-corrected chi connectivity index (χ0v) is 8.39. The number of nitrogens with zero attached hydrogens (tertiary/aromatic N) is 1. The quantitative estimate of drug-likeness (QED) is 0.344. The van der Waals surface area contributed by atoms with Crippen LogP contribution in [0.2, 0.25) is 0 Å². The summed E-state index contributed by atoms with van der Waals surface area (Å²) in [4.78, 5) is 3.60. The second-order valence-electron chi connectivity index (χ2n) is 1.43. The summed E-state index contributed by atoms with van der Waals surface area (Å²) in [6.07, 6.45) is 4.04. The van der Waals surface area contributed by atoms with Gasteiger partial charge in [0.2, 0.25) is 0 Å². The number of hydrogen-bond donors (Lipinski definition) is 0. The maximum atomic E-state index is 11.7. The Morgan fingerprint density at radius 1 is 1.67 bits per heavy atom. The Labute approximate surface area is 96.1 Å². The van der Waals surface area contributed by atoms with Crippen LogP contribution < -0.4 is 51.4 Å². The largest absolute Gasteiger partial charge is 1.00 e. The summed E-state index contributed by atoms with van der Waals surface area (Å²) in [5, 5.41) is 0. The van der Waals surface area contributed by atoms with Crippen LogP contribution >= 0.6 is 0 Å². The molecular formula is C6H5FKN. The van der Waals surface area contributed by atoms with Crippen molar-refractivity contribution in [1.82, 2.24) is 4.98 Å². The number of rotatable bonds is 1. The van der Waals surface area contributed by atoms with Crippen molar-refractivity contribution >= 4 is 0 Å². The van der Waals surface area contributed by atoms with E-state index in [2.05, 4.69) is 11.2 Å². The average Bonchev–Trinajstić information content (AvgIpc) is 1.90. The molecule has 0 saturated carbocycles. The summed E-state index contributed by atoms with van der Waals surface area (Å²) in [7, 11) is 0. The average molecular weight is 149 g/mol. The molecule has 1 nitrogen and oxygen atoms in total. The van der Waals surface area contributed by atoms with Crippen LogP contribution in [-0.4, -0.2) is 4.98 Å². The standard InChI is InChI=1S/C6H5FN.K/c7-5-6-1-3-8-4-2-6;/h1-3H,5H2;/q-1;+1. The minimum Gasteiger partial charge on any atom is -0.394 e. The smallest absolute Gasteiger partial charge is 0.394 e. The van der Waals surface area contributed by atoms with E-state index >= 15 is 0 Å². The second kappa shape index (κ2) is 5.50. The number of aromatic nitrogens is 1. The normalized spacial score (nSPS) is 8.11. The van der Waals surface area contributed by atoms with Gasteiger partial charge in [-0.3, -0.25) is 4.39 Å². The molecule has 0 amide bonds. The van der Waals surface area contributed by atoms with Crippen LogP contribution in [0.5, 0.6) is 0 Å². The summed E-state index contributed by atoms with van der Waals surface area (Å²) >= 11 is 0. The maximum Gasteiger partial charge on any atom is 1.00 e. The van der Waals surface area contributed by atoms with Crippen LogP contribution in [0.1, 0.15) is 5.56 Å². The van der Waals surface area contributed by atoms with Crippen LogP contribution in [0.3, 0.4) is 0 Å². The van der Waals surface area contributed by atoms with Crippen molar-refractivity contribution in [3.63, 3.8) is 0 Å². The maximum absolute atomic E-state index is 11.7. The molecule has 0 N–H and O–H groups in total. The third-order valence-corrected chi connectivity index (χ3v) is 0.842. The fourth-order valence-corrected chi connectivity index (χ4v) is 0.427. The van der Waals surface area contributed by atoms with Crippen molar-refractivity contribution in [2.75, 3.05) is 0 Å². The van der Waals surface area contributed by atoms with E-state index in [9.17, 15) is 4.39 Å². The van der Waals surface area contributed by atoms with Gasteiger partial charge in [0.05, 0.1) is 6.67 Å². The first-order valence-electron chi connectivity index (χ1n) is 2.30. The van der Waals surface area contributed by atoms with E-state index in [0.717, 1.165) is 0 Å². The third kappa shape index (κ3) is 3.42. The molecule has 0 fully saturated rings. The van der Waals surface area contributed by atoms with Crippen LogP contribution in [0, 0.1) is 6.20 Å². The predicted molar refractivity (Wildman–Crippen MR) is 27.9 cm³/mol. The summed E-state index contributed by atoms with van der Waals surface area (Å²) in [6, 6.07) is 3.15. The van der Waals surface area contributed by atoms with Gasteiger partial charge in [-0.05, 0) is 0 Å². The van der Waals surface area contributed by atoms with E-state index in [1.807, 2.05) is 0 Å². The topological polar surface area (TPSA) is 12.9 Å². The summed E-state index contributed by atoms with van der Waals surface area (Å²) in [6.45, 7) is -0.432. The van der Waals surface area contributed by atoms with Gasteiger partial charge < -0.3 is 4.98 Å². The Morgan fingerprint density at radius 2 is 2.44 bits per heavy atom. The second-order valence-corrected chi connectivity index (χ2v) is 1.43. The number of pyridine rings is 1. The monoisotopic (exact) mass is 149 g/mol. The molecule has 0 aliphatic heterocycles. The molecular weight excluding hydrogens is 144 g/mol. The molecule has 0 radical (unpaired) electrons. The molecule has 0 aliphatic carbocycles. The fourth-order valence-electron chi connectivity index (χ4n) is 0.427. The summed E-state index contributed by atoms with van der Waals surface area (Å²) in [5.74, 6) is 0. The van der Waals surface area contributed by atoms with E-state index in [-0.39, 0.29) is 51.4 Å². The zero-order valence-electron chi connectivity index (χ0n) is 5.26. The fraction of sp³-hybridized carbons (Fsp3) is 0.167. The molecule has 42 valence electrons. The Bertz CT molecular complexity index is 154. The molecule has 9 heavy (non-hydrogen) atoms. The molecule has 1 rings (SSSR count). The van der Waals surface area contributed by atoms with Gasteiger partial charge in [0.15, 0.2) is 0 Å². The van der Waals surface area contributed by atoms with Gasteiger partial charge in [0.1, 0.15) is 0 Å². The minimum atomic E-state index is -0.432. The molecule has 0 atom stereocenters. The zero-order chi connectivity index (χ0) is 5.82. The van der Waals surface area contributed by atoms with Gasteiger partial charge in [-0.1, -0.05) is 12.4 Å². The van der Waals surface area contributed by atoms with Crippen LogP contribution in [0.4, 0.5) is 4.39 Å². The van der Waals surface area contributed by atoms with Gasteiger partial charge in [-0.25, -0.2) is 0 Å². The van der Waals surface area contributed by atoms with E-state index in [1.54, 1.807) is 6.07 Å². The van der Waals surface area contributed by atoms with E-state index in [4.69, 9.17) is 0 Å². The SMILES string of the molecule is FCc1c[c-]ncc1.[K+]. The van der Waals surface area contributed by atoms with Crippen molar-refractivity contribution in [2.24, 2.45) is 0 Å². The van der Waals surface area contributed by atoms with Gasteiger partial charge in [-0.2, -0.15) is 6.07 Å². The van der Waals surface area contributed by atoms with Crippen molar-refractivity contribution in [2.45, 2.75) is 6.67 Å². The molecule has 0 unspecified atom stereocenters. The molecule has 1 aromatic heterocycles. The molecule has 0 saturated heterocycles. The van der Waals surface area contributed by atoms with Crippen LogP contribution in [-0.2, 0) is 6.67 Å². The predicted octanol–water partition coefficient (Wildman–Crippen LogP) is -1.64. The molecule has 3 heteroatoms. The van der Waals surface area contributed by atoms with E-state index in [0.29, 0.717) is 5.56 Å². The Hall–Kier alpha value is 0.716.